The van der Waals surface area contributed by atoms with E-state index in [0.717, 1.165) is 29.6 Å². The van der Waals surface area contributed by atoms with Gasteiger partial charge in [0.2, 0.25) is 5.88 Å². The summed E-state index contributed by atoms with van der Waals surface area (Å²) in [5, 5.41) is 20.3. The van der Waals surface area contributed by atoms with Crippen LogP contribution in [0.2, 0.25) is 0 Å². The molecule has 136 valence electrons. The highest BCUT2D eigenvalue weighted by Crippen LogP contribution is 2.41. The van der Waals surface area contributed by atoms with Crippen LogP contribution in [0.1, 0.15) is 49.6 Å². The van der Waals surface area contributed by atoms with Crippen molar-refractivity contribution in [2.24, 2.45) is 0 Å². The highest BCUT2D eigenvalue weighted by atomic mass is 16.5. The number of H-pyrrole nitrogens is 1. The zero-order chi connectivity index (χ0) is 18.2. The maximum Gasteiger partial charge on any atom is 0.236 e. The summed E-state index contributed by atoms with van der Waals surface area (Å²) < 4.78 is 7.93. The number of nitrogens with zero attached hydrogens (tertiary/aromatic N) is 6. The van der Waals surface area contributed by atoms with Gasteiger partial charge in [-0.05, 0) is 31.7 Å². The van der Waals surface area contributed by atoms with Crippen LogP contribution >= 0.6 is 0 Å². The molecule has 1 unspecified atom stereocenters. The molecule has 8 nitrogen and oxygen atoms in total. The summed E-state index contributed by atoms with van der Waals surface area (Å²) in [7, 11) is 0. The second-order valence-electron chi connectivity index (χ2n) is 6.81. The van der Waals surface area contributed by atoms with Crippen molar-refractivity contribution in [1.82, 2.24) is 35.0 Å². The standard InChI is InChI=1S/C19H19N7O/c1-12(17-20-11-21-23-17)27-19-15(13-8-5-9-13)10-16-22-24-18(26(16)25-19)14-6-3-2-4-7-14/h2-4,6-7,10-13H,5,8-9H2,1H3,(H,20,21,23). The highest BCUT2D eigenvalue weighted by Gasteiger charge is 2.27. The summed E-state index contributed by atoms with van der Waals surface area (Å²) in [6.07, 6.45) is 4.75. The number of aromatic amines is 1. The zero-order valence-electron chi connectivity index (χ0n) is 14.9. The first-order chi connectivity index (χ1) is 13.3. The van der Waals surface area contributed by atoms with Crippen LogP contribution in [0.25, 0.3) is 17.0 Å². The SMILES string of the molecule is CC(Oc1nn2c(-c3ccccc3)nnc2cc1C1CCC1)c1nc[nH]n1. The molecule has 1 aromatic carbocycles. The molecule has 27 heavy (non-hydrogen) atoms. The Balaban J connectivity index is 1.60. The summed E-state index contributed by atoms with van der Waals surface area (Å²) in [5.41, 5.74) is 2.78. The number of rotatable bonds is 5. The van der Waals surface area contributed by atoms with Gasteiger partial charge in [0.05, 0.1) is 0 Å². The van der Waals surface area contributed by atoms with Crippen molar-refractivity contribution >= 4 is 5.65 Å². The first-order valence-electron chi connectivity index (χ1n) is 9.13. The molecule has 1 aliphatic carbocycles. The van der Waals surface area contributed by atoms with Gasteiger partial charge >= 0.3 is 0 Å². The van der Waals surface area contributed by atoms with E-state index in [2.05, 4.69) is 31.4 Å². The van der Waals surface area contributed by atoms with Crippen molar-refractivity contribution in [3.05, 3.63) is 54.1 Å². The average molecular weight is 361 g/mol. The maximum atomic E-state index is 6.18. The second-order valence-corrected chi connectivity index (χ2v) is 6.81. The fraction of sp³-hybridized carbons (Fsp3) is 0.316. The summed E-state index contributed by atoms with van der Waals surface area (Å²) in [4.78, 5) is 4.19. The van der Waals surface area contributed by atoms with Gasteiger partial charge in [0, 0.05) is 11.1 Å². The summed E-state index contributed by atoms with van der Waals surface area (Å²) in [6.45, 7) is 1.92. The highest BCUT2D eigenvalue weighted by molar-refractivity contribution is 5.59. The molecule has 4 aromatic rings. The van der Waals surface area contributed by atoms with Gasteiger partial charge in [-0.15, -0.1) is 15.3 Å². The van der Waals surface area contributed by atoms with Crippen LogP contribution in [0.15, 0.2) is 42.7 Å². The first kappa shape index (κ1) is 15.9. The maximum absolute atomic E-state index is 6.18. The Hall–Kier alpha value is -3.29. The number of ether oxygens (including phenoxy) is 1. The lowest BCUT2D eigenvalue weighted by Gasteiger charge is -2.27. The molecule has 1 N–H and O–H groups in total. The van der Waals surface area contributed by atoms with E-state index in [1.165, 1.54) is 6.42 Å². The number of fused-ring (bicyclic) bond motifs is 1. The van der Waals surface area contributed by atoms with Crippen LogP contribution in [-0.2, 0) is 0 Å². The van der Waals surface area contributed by atoms with Crippen molar-refractivity contribution in [3.63, 3.8) is 0 Å². The van der Waals surface area contributed by atoms with Crippen LogP contribution in [0, 0.1) is 0 Å². The quantitative estimate of drug-likeness (QED) is 0.586. The molecule has 1 aliphatic rings. The van der Waals surface area contributed by atoms with Crippen molar-refractivity contribution in [1.29, 1.82) is 0 Å². The molecule has 0 amide bonds. The van der Waals surface area contributed by atoms with E-state index >= 15 is 0 Å². The van der Waals surface area contributed by atoms with Gasteiger partial charge in [0.1, 0.15) is 6.33 Å². The summed E-state index contributed by atoms with van der Waals surface area (Å²) >= 11 is 0. The number of nitrogens with one attached hydrogen (secondary N) is 1. The molecule has 1 atom stereocenters. The molecule has 3 heterocycles. The van der Waals surface area contributed by atoms with Gasteiger partial charge in [-0.3, -0.25) is 5.10 Å². The summed E-state index contributed by atoms with van der Waals surface area (Å²) in [5.74, 6) is 2.35. The predicted molar refractivity (Wildman–Crippen MR) is 98.2 cm³/mol. The Morgan fingerprint density at radius 2 is 2.04 bits per heavy atom. The van der Waals surface area contributed by atoms with Gasteiger partial charge in [0.15, 0.2) is 23.4 Å². The smallest absolute Gasteiger partial charge is 0.236 e. The normalized spacial score (nSPS) is 15.6. The van der Waals surface area contributed by atoms with E-state index in [9.17, 15) is 0 Å². The minimum Gasteiger partial charge on any atom is -0.465 e. The Kier molecular flexibility index (Phi) is 3.81. The van der Waals surface area contributed by atoms with E-state index < -0.39 is 0 Å². The third kappa shape index (κ3) is 2.83. The number of aromatic nitrogens is 7. The lowest BCUT2D eigenvalue weighted by atomic mass is 9.80. The first-order valence-corrected chi connectivity index (χ1v) is 9.13. The second kappa shape index (κ2) is 6.46. The monoisotopic (exact) mass is 361 g/mol. The molecule has 8 heteroatoms. The van der Waals surface area contributed by atoms with Crippen LogP contribution < -0.4 is 4.74 Å². The molecular weight excluding hydrogens is 342 g/mol. The molecule has 0 saturated heterocycles. The minimum absolute atomic E-state index is 0.309. The third-order valence-corrected chi connectivity index (χ3v) is 5.05. The predicted octanol–water partition coefficient (Wildman–Crippen LogP) is 3.32. The summed E-state index contributed by atoms with van der Waals surface area (Å²) in [6, 6.07) is 12.0. The number of hydrogen-bond donors (Lipinski definition) is 1. The largest absolute Gasteiger partial charge is 0.465 e. The lowest BCUT2D eigenvalue weighted by Crippen LogP contribution is -2.15. The molecule has 1 saturated carbocycles. The number of benzene rings is 1. The van der Waals surface area contributed by atoms with Crippen LogP contribution in [0.5, 0.6) is 5.88 Å². The fourth-order valence-corrected chi connectivity index (χ4v) is 3.34. The van der Waals surface area contributed by atoms with Crippen molar-refractivity contribution in [2.45, 2.75) is 38.2 Å². The van der Waals surface area contributed by atoms with Gasteiger partial charge in [0.25, 0.3) is 0 Å². The Morgan fingerprint density at radius 1 is 1.19 bits per heavy atom. The number of hydrogen-bond acceptors (Lipinski definition) is 6. The van der Waals surface area contributed by atoms with E-state index in [1.807, 2.05) is 37.3 Å². The minimum atomic E-state index is -0.309. The average Bonchev–Trinajstić information content (AvgIpc) is 3.31. The van der Waals surface area contributed by atoms with E-state index in [-0.39, 0.29) is 6.10 Å². The topological polar surface area (TPSA) is 93.9 Å². The van der Waals surface area contributed by atoms with Gasteiger partial charge in [-0.1, -0.05) is 36.8 Å². The van der Waals surface area contributed by atoms with E-state index in [0.29, 0.717) is 23.4 Å². The molecule has 0 spiro atoms. The Labute approximate surface area is 155 Å². The molecule has 0 aliphatic heterocycles. The molecular formula is C19H19N7O. The Morgan fingerprint density at radius 3 is 2.74 bits per heavy atom. The van der Waals surface area contributed by atoms with Gasteiger partial charge in [-0.25, -0.2) is 4.98 Å². The van der Waals surface area contributed by atoms with Crippen LogP contribution in [0.3, 0.4) is 0 Å². The zero-order valence-corrected chi connectivity index (χ0v) is 14.9. The Bertz CT molecular complexity index is 1050. The van der Waals surface area contributed by atoms with E-state index in [4.69, 9.17) is 9.84 Å². The van der Waals surface area contributed by atoms with Crippen molar-refractivity contribution in [2.75, 3.05) is 0 Å². The fourth-order valence-electron chi connectivity index (χ4n) is 3.34. The molecule has 0 radical (unpaired) electrons. The molecule has 0 bridgehead atoms. The third-order valence-electron chi connectivity index (χ3n) is 5.05. The van der Waals surface area contributed by atoms with Crippen molar-refractivity contribution in [3.8, 4) is 17.3 Å². The van der Waals surface area contributed by atoms with Gasteiger partial charge < -0.3 is 4.74 Å². The van der Waals surface area contributed by atoms with Crippen LogP contribution in [0.4, 0.5) is 0 Å². The van der Waals surface area contributed by atoms with Gasteiger partial charge in [-0.2, -0.15) is 9.61 Å². The molecule has 1 fully saturated rings. The van der Waals surface area contributed by atoms with Crippen molar-refractivity contribution < 1.29 is 4.74 Å². The molecule has 3 aromatic heterocycles. The van der Waals surface area contributed by atoms with E-state index in [1.54, 1.807) is 10.8 Å². The van der Waals surface area contributed by atoms with Crippen LogP contribution in [-0.4, -0.2) is 35.0 Å². The molecule has 5 rings (SSSR count). The lowest BCUT2D eigenvalue weighted by molar-refractivity contribution is 0.198.